The van der Waals surface area contributed by atoms with Gasteiger partial charge in [0, 0.05) is 5.69 Å². The lowest BCUT2D eigenvalue weighted by Crippen LogP contribution is -2.21. The molecule has 0 aliphatic rings. The SMILES string of the molecule is CC(C)OCCS(=O)(=O)Nc1cccc(C#N)c1. The van der Waals surface area contributed by atoms with Crippen LogP contribution in [-0.4, -0.2) is 26.9 Å². The van der Waals surface area contributed by atoms with Gasteiger partial charge in [0.05, 0.1) is 30.1 Å². The van der Waals surface area contributed by atoms with Gasteiger partial charge in [0.15, 0.2) is 0 Å². The minimum Gasteiger partial charge on any atom is -0.378 e. The largest absolute Gasteiger partial charge is 0.378 e. The summed E-state index contributed by atoms with van der Waals surface area (Å²) in [6, 6.07) is 8.27. The third-order valence-electron chi connectivity index (χ3n) is 2.07. The van der Waals surface area contributed by atoms with Crippen LogP contribution in [0.2, 0.25) is 0 Å². The number of sulfonamides is 1. The Morgan fingerprint density at radius 2 is 2.17 bits per heavy atom. The Bertz CT molecular complexity index is 532. The Balaban J connectivity index is 2.62. The maximum atomic E-state index is 11.7. The molecular formula is C12H16N2O3S. The van der Waals surface area contributed by atoms with E-state index in [1.165, 1.54) is 6.07 Å². The van der Waals surface area contributed by atoms with Gasteiger partial charge >= 0.3 is 0 Å². The van der Waals surface area contributed by atoms with Crippen molar-refractivity contribution in [1.29, 1.82) is 5.26 Å². The highest BCUT2D eigenvalue weighted by molar-refractivity contribution is 7.92. The van der Waals surface area contributed by atoms with Crippen molar-refractivity contribution in [3.63, 3.8) is 0 Å². The summed E-state index contributed by atoms with van der Waals surface area (Å²) in [4.78, 5) is 0. The van der Waals surface area contributed by atoms with E-state index in [2.05, 4.69) is 4.72 Å². The molecule has 0 aromatic heterocycles. The van der Waals surface area contributed by atoms with Gasteiger partial charge < -0.3 is 4.74 Å². The molecule has 0 bridgehead atoms. The fourth-order valence-corrected chi connectivity index (χ4v) is 2.18. The molecule has 0 unspecified atom stereocenters. The van der Waals surface area contributed by atoms with Crippen LogP contribution in [0.3, 0.4) is 0 Å². The molecule has 0 saturated heterocycles. The summed E-state index contributed by atoms with van der Waals surface area (Å²) in [5.41, 5.74) is 0.798. The van der Waals surface area contributed by atoms with E-state index in [-0.39, 0.29) is 18.5 Å². The molecule has 6 heteroatoms. The number of hydrogen-bond acceptors (Lipinski definition) is 4. The predicted octanol–water partition coefficient (Wildman–Crippen LogP) is 1.72. The number of nitriles is 1. The number of nitrogens with zero attached hydrogens (tertiary/aromatic N) is 1. The molecule has 0 aliphatic heterocycles. The number of benzene rings is 1. The van der Waals surface area contributed by atoms with Gasteiger partial charge in [0.2, 0.25) is 10.0 Å². The fourth-order valence-electron chi connectivity index (χ4n) is 1.28. The first-order chi connectivity index (χ1) is 8.43. The summed E-state index contributed by atoms with van der Waals surface area (Å²) in [6.45, 7) is 3.83. The van der Waals surface area contributed by atoms with Crippen LogP contribution in [-0.2, 0) is 14.8 Å². The normalized spacial score (nSPS) is 11.2. The summed E-state index contributed by atoms with van der Waals surface area (Å²) < 4.78 is 31.0. The van der Waals surface area contributed by atoms with Crippen molar-refractivity contribution in [3.8, 4) is 6.07 Å². The fraction of sp³-hybridized carbons (Fsp3) is 0.417. The average molecular weight is 268 g/mol. The molecule has 0 spiro atoms. The first-order valence-corrected chi connectivity index (χ1v) is 7.20. The smallest absolute Gasteiger partial charge is 0.235 e. The van der Waals surface area contributed by atoms with Crippen molar-refractivity contribution in [1.82, 2.24) is 0 Å². The molecule has 0 atom stereocenters. The third kappa shape index (κ3) is 5.17. The van der Waals surface area contributed by atoms with Crippen LogP contribution in [0, 0.1) is 11.3 Å². The predicted molar refractivity (Wildman–Crippen MR) is 69.7 cm³/mol. The zero-order valence-corrected chi connectivity index (χ0v) is 11.2. The average Bonchev–Trinajstić information content (AvgIpc) is 2.27. The highest BCUT2D eigenvalue weighted by Gasteiger charge is 2.11. The zero-order chi connectivity index (χ0) is 13.6. The second-order valence-electron chi connectivity index (χ2n) is 4.03. The second-order valence-corrected chi connectivity index (χ2v) is 5.87. The molecule has 0 amide bonds. The van der Waals surface area contributed by atoms with E-state index in [1.807, 2.05) is 19.9 Å². The lowest BCUT2D eigenvalue weighted by Gasteiger charge is -2.10. The van der Waals surface area contributed by atoms with Crippen LogP contribution >= 0.6 is 0 Å². The van der Waals surface area contributed by atoms with Crippen molar-refractivity contribution in [2.45, 2.75) is 20.0 Å². The lowest BCUT2D eigenvalue weighted by molar-refractivity contribution is 0.0913. The Morgan fingerprint density at radius 3 is 2.78 bits per heavy atom. The van der Waals surface area contributed by atoms with Gasteiger partial charge in [-0.3, -0.25) is 4.72 Å². The first-order valence-electron chi connectivity index (χ1n) is 5.55. The molecule has 1 rings (SSSR count). The van der Waals surface area contributed by atoms with Crippen LogP contribution < -0.4 is 4.72 Å². The maximum absolute atomic E-state index is 11.7. The van der Waals surface area contributed by atoms with E-state index in [9.17, 15) is 8.42 Å². The lowest BCUT2D eigenvalue weighted by atomic mass is 10.2. The van der Waals surface area contributed by atoms with Crippen molar-refractivity contribution in [2.24, 2.45) is 0 Å². The molecule has 0 aliphatic carbocycles. The highest BCUT2D eigenvalue weighted by atomic mass is 32.2. The summed E-state index contributed by atoms with van der Waals surface area (Å²) in [6.07, 6.45) is 0.00196. The van der Waals surface area contributed by atoms with E-state index in [1.54, 1.807) is 18.2 Å². The molecule has 0 saturated carbocycles. The van der Waals surface area contributed by atoms with Gasteiger partial charge in [-0.15, -0.1) is 0 Å². The van der Waals surface area contributed by atoms with Gasteiger partial charge in [-0.2, -0.15) is 5.26 Å². The van der Waals surface area contributed by atoms with E-state index in [4.69, 9.17) is 10.00 Å². The summed E-state index contributed by atoms with van der Waals surface area (Å²) in [7, 11) is -3.44. The van der Waals surface area contributed by atoms with E-state index >= 15 is 0 Å². The summed E-state index contributed by atoms with van der Waals surface area (Å²) in [5, 5.41) is 8.72. The molecule has 0 heterocycles. The van der Waals surface area contributed by atoms with Crippen LogP contribution in [0.25, 0.3) is 0 Å². The summed E-state index contributed by atoms with van der Waals surface area (Å²) >= 11 is 0. The molecule has 0 radical (unpaired) electrons. The highest BCUT2D eigenvalue weighted by Crippen LogP contribution is 2.11. The summed E-state index contributed by atoms with van der Waals surface area (Å²) in [5.74, 6) is -0.109. The molecular weight excluding hydrogens is 252 g/mol. The van der Waals surface area contributed by atoms with Crippen LogP contribution in [0.4, 0.5) is 5.69 Å². The number of hydrogen-bond donors (Lipinski definition) is 1. The van der Waals surface area contributed by atoms with Crippen molar-refractivity contribution in [3.05, 3.63) is 29.8 Å². The maximum Gasteiger partial charge on any atom is 0.235 e. The number of rotatable bonds is 6. The molecule has 5 nitrogen and oxygen atoms in total. The topological polar surface area (TPSA) is 79.2 Å². The van der Waals surface area contributed by atoms with Crippen LogP contribution in [0.1, 0.15) is 19.4 Å². The van der Waals surface area contributed by atoms with Crippen LogP contribution in [0.15, 0.2) is 24.3 Å². The minimum absolute atomic E-state index is 0.00196. The molecule has 1 aromatic rings. The number of anilines is 1. The van der Waals surface area contributed by atoms with Crippen molar-refractivity contribution < 1.29 is 13.2 Å². The second kappa shape index (κ2) is 6.38. The Labute approximate surface area is 107 Å². The Kier molecular flexibility index (Phi) is 5.13. The number of ether oxygens (including phenoxy) is 1. The van der Waals surface area contributed by atoms with Gasteiger partial charge in [0.25, 0.3) is 0 Å². The molecule has 1 N–H and O–H groups in total. The van der Waals surface area contributed by atoms with Gasteiger partial charge in [0.1, 0.15) is 0 Å². The molecule has 18 heavy (non-hydrogen) atoms. The Hall–Kier alpha value is -1.58. The molecule has 98 valence electrons. The number of nitrogens with one attached hydrogen (secondary N) is 1. The Morgan fingerprint density at radius 1 is 1.44 bits per heavy atom. The van der Waals surface area contributed by atoms with Gasteiger partial charge in [-0.25, -0.2) is 8.42 Å². The molecule has 1 aromatic carbocycles. The first kappa shape index (κ1) is 14.5. The quantitative estimate of drug-likeness (QED) is 0.852. The minimum atomic E-state index is -3.44. The van der Waals surface area contributed by atoms with Crippen molar-refractivity contribution >= 4 is 15.7 Å². The molecule has 0 fully saturated rings. The monoisotopic (exact) mass is 268 g/mol. The van der Waals surface area contributed by atoms with Gasteiger partial charge in [-0.05, 0) is 32.0 Å². The van der Waals surface area contributed by atoms with Gasteiger partial charge in [-0.1, -0.05) is 6.07 Å². The van der Waals surface area contributed by atoms with E-state index < -0.39 is 10.0 Å². The third-order valence-corrected chi connectivity index (χ3v) is 3.32. The van der Waals surface area contributed by atoms with E-state index in [0.29, 0.717) is 11.3 Å². The standard InChI is InChI=1S/C12H16N2O3S/c1-10(2)17-6-7-18(15,16)14-12-5-3-4-11(8-12)9-13/h3-5,8,10,14H,6-7H2,1-2H3. The zero-order valence-electron chi connectivity index (χ0n) is 10.4. The van der Waals surface area contributed by atoms with Crippen LogP contribution in [0.5, 0.6) is 0 Å². The van der Waals surface area contributed by atoms with Crippen molar-refractivity contribution in [2.75, 3.05) is 17.1 Å². The van der Waals surface area contributed by atoms with E-state index in [0.717, 1.165) is 0 Å².